The summed E-state index contributed by atoms with van der Waals surface area (Å²) in [5, 5.41) is 10.6. The summed E-state index contributed by atoms with van der Waals surface area (Å²) in [6, 6.07) is 0. The lowest BCUT2D eigenvalue weighted by Crippen LogP contribution is -2.28. The fourth-order valence-electron chi connectivity index (χ4n) is 2.86. The molecule has 2 aromatic rings. The van der Waals surface area contributed by atoms with E-state index < -0.39 is 25.3 Å². The van der Waals surface area contributed by atoms with Gasteiger partial charge < -0.3 is 34.9 Å². The first kappa shape index (κ1) is 25.0. The van der Waals surface area contributed by atoms with E-state index in [0.29, 0.717) is 0 Å². The minimum Gasteiger partial charge on any atom is -0.454 e. The third-order valence-electron chi connectivity index (χ3n) is 4.00. The molecular weight excluding hydrogens is 427 g/mol. The molecule has 5 N–H and O–H groups in total. The molecule has 0 radical (unpaired) electrons. The average Bonchev–Trinajstić information content (AvgIpc) is 2.98. The van der Waals surface area contributed by atoms with E-state index in [1.165, 1.54) is 4.57 Å². The van der Waals surface area contributed by atoms with Gasteiger partial charge in [-0.15, -0.1) is 0 Å². The van der Waals surface area contributed by atoms with Gasteiger partial charge in [-0.1, -0.05) is 0 Å². The molecule has 13 heteroatoms. The highest BCUT2D eigenvalue weighted by molar-refractivity contribution is 7.53. The minimum absolute atomic E-state index is 0.00209. The normalized spacial score (nSPS) is 13.5. The van der Waals surface area contributed by atoms with Gasteiger partial charge in [0.05, 0.1) is 32.0 Å². The zero-order valence-electron chi connectivity index (χ0n) is 18.5. The predicted molar refractivity (Wildman–Crippen MR) is 116 cm³/mol. The number of anilines is 2. The maximum Gasteiger partial charge on any atom is 0.375 e. The second kappa shape index (κ2) is 9.90. The quantitative estimate of drug-likeness (QED) is 0.350. The standard InChI is InChI=1S/C18H31N6O6P/c1-6-28-31(27,29-7-2)9-8-11(25)10-24-14-12(13(19)22-17(20)23-14)21-15(24)16(26)30-18(3,4)5/h11,25H,6-10H2,1-5H3,(H4,19,20,22,23). The molecule has 2 rings (SSSR count). The molecule has 0 aromatic carbocycles. The summed E-state index contributed by atoms with van der Waals surface area (Å²) >= 11 is 0. The van der Waals surface area contributed by atoms with Gasteiger partial charge in [-0.3, -0.25) is 4.57 Å². The van der Waals surface area contributed by atoms with Crippen LogP contribution in [0.15, 0.2) is 0 Å². The van der Waals surface area contributed by atoms with Gasteiger partial charge in [0, 0.05) is 0 Å². The number of nitrogens with zero attached hydrogens (tertiary/aromatic N) is 4. The van der Waals surface area contributed by atoms with E-state index in [4.69, 9.17) is 25.3 Å². The van der Waals surface area contributed by atoms with Crippen LogP contribution in [-0.2, 0) is 24.9 Å². The van der Waals surface area contributed by atoms with E-state index in [-0.39, 0.29) is 61.1 Å². The van der Waals surface area contributed by atoms with Crippen LogP contribution in [0.1, 0.15) is 51.7 Å². The Morgan fingerprint density at radius 3 is 2.32 bits per heavy atom. The molecule has 2 aromatic heterocycles. The predicted octanol–water partition coefficient (Wildman–Crippen LogP) is 1.96. The maximum absolute atomic E-state index is 12.7. The summed E-state index contributed by atoms with van der Waals surface area (Å²) in [5.74, 6) is -0.926. The molecule has 1 unspecified atom stereocenters. The van der Waals surface area contributed by atoms with Crippen molar-refractivity contribution in [3.05, 3.63) is 5.82 Å². The summed E-state index contributed by atoms with van der Waals surface area (Å²) in [6.07, 6.45) is -0.935. The van der Waals surface area contributed by atoms with Crippen LogP contribution in [0.2, 0.25) is 0 Å². The number of aliphatic hydroxyl groups excluding tert-OH is 1. The van der Waals surface area contributed by atoms with Gasteiger partial charge in [0.25, 0.3) is 0 Å². The topological polar surface area (TPSA) is 178 Å². The number of nitrogen functional groups attached to an aromatic ring is 2. The highest BCUT2D eigenvalue weighted by atomic mass is 31.2. The smallest absolute Gasteiger partial charge is 0.375 e. The number of imidazole rings is 1. The lowest BCUT2D eigenvalue weighted by atomic mass is 10.2. The highest BCUT2D eigenvalue weighted by Crippen LogP contribution is 2.48. The first-order valence-corrected chi connectivity index (χ1v) is 11.7. The summed E-state index contributed by atoms with van der Waals surface area (Å²) < 4.78 is 29.9. The maximum atomic E-state index is 12.7. The van der Waals surface area contributed by atoms with Crippen molar-refractivity contribution in [1.29, 1.82) is 0 Å². The molecule has 0 saturated carbocycles. The Morgan fingerprint density at radius 1 is 1.16 bits per heavy atom. The highest BCUT2D eigenvalue weighted by Gasteiger charge is 2.29. The van der Waals surface area contributed by atoms with E-state index in [1.54, 1.807) is 34.6 Å². The lowest BCUT2D eigenvalue weighted by molar-refractivity contribution is 0.00481. The van der Waals surface area contributed by atoms with Gasteiger partial charge in [0.1, 0.15) is 5.60 Å². The van der Waals surface area contributed by atoms with Gasteiger partial charge in [0.15, 0.2) is 17.0 Å². The molecule has 2 heterocycles. The van der Waals surface area contributed by atoms with E-state index in [2.05, 4.69) is 15.0 Å². The number of ether oxygens (including phenoxy) is 1. The summed E-state index contributed by atoms with van der Waals surface area (Å²) in [7, 11) is -3.33. The van der Waals surface area contributed by atoms with E-state index in [9.17, 15) is 14.5 Å². The van der Waals surface area contributed by atoms with E-state index >= 15 is 0 Å². The largest absolute Gasteiger partial charge is 0.454 e. The fourth-order valence-corrected chi connectivity index (χ4v) is 4.59. The van der Waals surface area contributed by atoms with Crippen molar-refractivity contribution in [2.45, 2.75) is 59.3 Å². The van der Waals surface area contributed by atoms with E-state index in [1.807, 2.05) is 0 Å². The number of fused-ring (bicyclic) bond motifs is 1. The molecule has 0 aliphatic rings. The number of rotatable bonds is 10. The number of carbonyl (C=O) groups excluding carboxylic acids is 1. The molecule has 31 heavy (non-hydrogen) atoms. The monoisotopic (exact) mass is 458 g/mol. The van der Waals surface area contributed by atoms with Crippen molar-refractivity contribution in [3.8, 4) is 0 Å². The molecule has 174 valence electrons. The van der Waals surface area contributed by atoms with Gasteiger partial charge in [-0.2, -0.15) is 9.97 Å². The molecule has 0 amide bonds. The molecule has 0 aliphatic heterocycles. The molecule has 1 atom stereocenters. The second-order valence-corrected chi connectivity index (χ2v) is 9.99. The molecular formula is C18H31N6O6P. The SMILES string of the molecule is CCOP(=O)(CCC(O)Cn1c(C(=O)OC(C)(C)C)nc2c(N)nc(N)nc21)OCC. The third kappa shape index (κ3) is 6.60. The molecule has 0 bridgehead atoms. The number of carbonyl (C=O) groups is 1. The van der Waals surface area contributed by atoms with Crippen molar-refractivity contribution in [1.82, 2.24) is 19.5 Å². The van der Waals surface area contributed by atoms with Crippen molar-refractivity contribution >= 4 is 36.5 Å². The van der Waals surface area contributed by atoms with Gasteiger partial charge in [-0.25, -0.2) is 9.78 Å². The molecule has 0 saturated heterocycles. The molecule has 0 fully saturated rings. The number of nitrogens with two attached hydrogens (primary N) is 2. The first-order chi connectivity index (χ1) is 14.4. The number of aromatic nitrogens is 4. The fraction of sp³-hybridized carbons (Fsp3) is 0.667. The number of hydrogen-bond acceptors (Lipinski definition) is 11. The molecule has 0 aliphatic carbocycles. The minimum atomic E-state index is -3.33. The van der Waals surface area contributed by atoms with Crippen LogP contribution in [-0.4, -0.2) is 61.7 Å². The summed E-state index contributed by atoms with van der Waals surface area (Å²) in [5.41, 5.74) is 11.2. The van der Waals surface area contributed by atoms with Crippen LogP contribution in [0.25, 0.3) is 11.2 Å². The number of hydrogen-bond donors (Lipinski definition) is 3. The Hall–Kier alpha value is -2.27. The molecule has 0 spiro atoms. The van der Waals surface area contributed by atoms with Crippen LogP contribution < -0.4 is 11.5 Å². The first-order valence-electron chi connectivity index (χ1n) is 9.98. The molecule has 12 nitrogen and oxygen atoms in total. The van der Waals surface area contributed by atoms with Crippen LogP contribution >= 0.6 is 7.60 Å². The van der Waals surface area contributed by atoms with Gasteiger partial charge in [0.2, 0.25) is 11.8 Å². The Bertz CT molecular complexity index is 963. The zero-order chi connectivity index (χ0) is 23.4. The van der Waals surface area contributed by atoms with Crippen molar-refractivity contribution in [2.24, 2.45) is 0 Å². The van der Waals surface area contributed by atoms with Gasteiger partial charge >= 0.3 is 13.6 Å². The van der Waals surface area contributed by atoms with Crippen LogP contribution in [0.3, 0.4) is 0 Å². The Labute approximate surface area is 180 Å². The lowest BCUT2D eigenvalue weighted by Gasteiger charge is -2.21. The third-order valence-corrected chi connectivity index (χ3v) is 6.11. The Balaban J connectivity index is 2.35. The number of esters is 1. The van der Waals surface area contributed by atoms with Crippen molar-refractivity contribution in [3.63, 3.8) is 0 Å². The van der Waals surface area contributed by atoms with Crippen LogP contribution in [0.4, 0.5) is 11.8 Å². The summed E-state index contributed by atoms with van der Waals surface area (Å²) in [6.45, 7) is 8.92. The summed E-state index contributed by atoms with van der Waals surface area (Å²) in [4.78, 5) is 24.9. The zero-order valence-corrected chi connectivity index (χ0v) is 19.4. The van der Waals surface area contributed by atoms with Crippen LogP contribution in [0.5, 0.6) is 0 Å². The van der Waals surface area contributed by atoms with Crippen molar-refractivity contribution in [2.75, 3.05) is 30.8 Å². The second-order valence-electron chi connectivity index (χ2n) is 7.80. The van der Waals surface area contributed by atoms with Crippen LogP contribution in [0, 0.1) is 0 Å². The average molecular weight is 458 g/mol. The van der Waals surface area contributed by atoms with Crippen molar-refractivity contribution < 1.29 is 28.3 Å². The van der Waals surface area contributed by atoms with E-state index in [0.717, 1.165) is 0 Å². The Kier molecular flexibility index (Phi) is 7.98. The van der Waals surface area contributed by atoms with Gasteiger partial charge in [-0.05, 0) is 41.0 Å². The number of aliphatic hydroxyl groups is 1. The Morgan fingerprint density at radius 2 is 1.77 bits per heavy atom.